The smallest absolute Gasteiger partial charge is 0.143 e. The van der Waals surface area contributed by atoms with Gasteiger partial charge in [-0.05, 0) is 26.0 Å². The molecule has 0 saturated carbocycles. The minimum Gasteiger partial charge on any atom is -0.491 e. The van der Waals surface area contributed by atoms with E-state index in [9.17, 15) is 0 Å². The molecule has 1 aromatic carbocycles. The molecule has 0 unspecified atom stereocenters. The van der Waals surface area contributed by atoms with Gasteiger partial charge >= 0.3 is 0 Å². The van der Waals surface area contributed by atoms with Gasteiger partial charge in [0, 0.05) is 13.5 Å². The average molecular weight is 234 g/mol. The molecule has 0 radical (unpaired) electrons. The van der Waals surface area contributed by atoms with E-state index in [0.717, 1.165) is 6.42 Å². The zero-order valence-electron chi connectivity index (χ0n) is 10.5. The third-order valence-corrected chi connectivity index (χ3v) is 2.70. The molecule has 92 valence electrons. The second kappa shape index (κ2) is 5.55. The first kappa shape index (κ1) is 13.3. The Kier molecular flexibility index (Phi) is 4.36. The van der Waals surface area contributed by atoms with Crippen LogP contribution in [-0.4, -0.2) is 19.3 Å². The van der Waals surface area contributed by atoms with Crippen LogP contribution in [0, 0.1) is 11.3 Å². The average Bonchev–Trinajstić information content (AvgIpc) is 2.31. The lowest BCUT2D eigenvalue weighted by Crippen LogP contribution is -2.25. The summed E-state index contributed by atoms with van der Waals surface area (Å²) >= 11 is 0. The summed E-state index contributed by atoms with van der Waals surface area (Å²) in [6.45, 7) is 4.48. The monoisotopic (exact) mass is 234 g/mol. The number of nitrogen functional groups attached to an aromatic ring is 1. The van der Waals surface area contributed by atoms with Gasteiger partial charge < -0.3 is 15.2 Å². The largest absolute Gasteiger partial charge is 0.491 e. The minimum atomic E-state index is -0.221. The van der Waals surface area contributed by atoms with Gasteiger partial charge in [-0.2, -0.15) is 5.26 Å². The highest BCUT2D eigenvalue weighted by atomic mass is 16.5. The van der Waals surface area contributed by atoms with Gasteiger partial charge in [0.15, 0.2) is 0 Å². The topological polar surface area (TPSA) is 68.3 Å². The number of hydrogen-bond donors (Lipinski definition) is 1. The fourth-order valence-corrected chi connectivity index (χ4v) is 1.28. The van der Waals surface area contributed by atoms with E-state index in [4.69, 9.17) is 20.5 Å². The summed E-state index contributed by atoms with van der Waals surface area (Å²) in [5.74, 6) is 0.552. The number of nitrogens with two attached hydrogens (primary N) is 1. The van der Waals surface area contributed by atoms with Crippen LogP contribution in [-0.2, 0) is 4.74 Å². The predicted octanol–water partition coefficient (Wildman–Crippen LogP) is 2.33. The number of para-hydroxylation sites is 1. The Balaban J connectivity index is 2.62. The van der Waals surface area contributed by atoms with E-state index in [1.54, 1.807) is 25.3 Å². The second-order valence-electron chi connectivity index (χ2n) is 4.39. The first-order chi connectivity index (χ1) is 8.00. The molecule has 0 spiro atoms. The number of nitriles is 1. The molecule has 0 bridgehead atoms. The van der Waals surface area contributed by atoms with Gasteiger partial charge in [-0.3, -0.25) is 0 Å². The van der Waals surface area contributed by atoms with Gasteiger partial charge in [0.05, 0.1) is 23.5 Å². The lowest BCUT2D eigenvalue weighted by atomic mass is 10.1. The van der Waals surface area contributed by atoms with Crippen molar-refractivity contribution >= 4 is 5.69 Å². The molecule has 0 amide bonds. The molecule has 17 heavy (non-hydrogen) atoms. The fraction of sp³-hybridized carbons (Fsp3) is 0.462. The lowest BCUT2D eigenvalue weighted by Gasteiger charge is -2.22. The Morgan fingerprint density at radius 1 is 1.41 bits per heavy atom. The highest BCUT2D eigenvalue weighted by molar-refractivity contribution is 5.62. The number of benzene rings is 1. The summed E-state index contributed by atoms with van der Waals surface area (Å²) in [7, 11) is 1.67. The molecule has 1 rings (SSSR count). The van der Waals surface area contributed by atoms with E-state index in [-0.39, 0.29) is 5.60 Å². The SMILES string of the molecule is COC(C)(C)CCOc1cccc(C#N)c1N. The van der Waals surface area contributed by atoms with Crippen LogP contribution in [0.25, 0.3) is 0 Å². The molecule has 0 atom stereocenters. The summed E-state index contributed by atoms with van der Waals surface area (Å²) < 4.78 is 10.8. The van der Waals surface area contributed by atoms with E-state index < -0.39 is 0 Å². The molecule has 0 aliphatic carbocycles. The molecule has 2 N–H and O–H groups in total. The molecule has 0 aromatic heterocycles. The third-order valence-electron chi connectivity index (χ3n) is 2.70. The van der Waals surface area contributed by atoms with Crippen LogP contribution >= 0.6 is 0 Å². The zero-order valence-corrected chi connectivity index (χ0v) is 10.5. The van der Waals surface area contributed by atoms with Gasteiger partial charge in [-0.25, -0.2) is 0 Å². The molecule has 0 fully saturated rings. The maximum Gasteiger partial charge on any atom is 0.143 e. The van der Waals surface area contributed by atoms with Gasteiger partial charge in [0.25, 0.3) is 0 Å². The van der Waals surface area contributed by atoms with Crippen molar-refractivity contribution in [2.45, 2.75) is 25.9 Å². The van der Waals surface area contributed by atoms with Crippen LogP contribution in [0.5, 0.6) is 5.75 Å². The second-order valence-corrected chi connectivity index (χ2v) is 4.39. The lowest BCUT2D eigenvalue weighted by molar-refractivity contribution is 0.00551. The van der Waals surface area contributed by atoms with Crippen molar-refractivity contribution in [2.75, 3.05) is 19.5 Å². The maximum absolute atomic E-state index is 8.83. The van der Waals surface area contributed by atoms with Crippen molar-refractivity contribution < 1.29 is 9.47 Å². The van der Waals surface area contributed by atoms with Crippen molar-refractivity contribution in [2.24, 2.45) is 0 Å². The highest BCUT2D eigenvalue weighted by Crippen LogP contribution is 2.25. The fourth-order valence-electron chi connectivity index (χ4n) is 1.28. The third kappa shape index (κ3) is 3.65. The summed E-state index contributed by atoms with van der Waals surface area (Å²) in [5, 5.41) is 8.83. The number of nitrogens with zero attached hydrogens (tertiary/aromatic N) is 1. The van der Waals surface area contributed by atoms with Gasteiger partial charge in [-0.1, -0.05) is 6.07 Å². The predicted molar refractivity (Wildman–Crippen MR) is 66.8 cm³/mol. The molecule has 0 aliphatic heterocycles. The summed E-state index contributed by atoms with van der Waals surface area (Å²) in [6.07, 6.45) is 0.750. The Morgan fingerprint density at radius 3 is 2.71 bits per heavy atom. The van der Waals surface area contributed by atoms with Crippen molar-refractivity contribution in [3.05, 3.63) is 23.8 Å². The van der Waals surface area contributed by atoms with Crippen molar-refractivity contribution in [1.29, 1.82) is 5.26 Å². The van der Waals surface area contributed by atoms with Crippen LogP contribution in [0.1, 0.15) is 25.8 Å². The van der Waals surface area contributed by atoms with Crippen LogP contribution in [0.15, 0.2) is 18.2 Å². The number of ether oxygens (including phenoxy) is 2. The van der Waals surface area contributed by atoms with E-state index in [0.29, 0.717) is 23.6 Å². The minimum absolute atomic E-state index is 0.221. The molecular formula is C13H18N2O2. The van der Waals surface area contributed by atoms with E-state index in [1.165, 1.54) is 0 Å². The zero-order chi connectivity index (χ0) is 12.9. The Bertz CT molecular complexity index is 422. The molecular weight excluding hydrogens is 216 g/mol. The Morgan fingerprint density at radius 2 is 2.12 bits per heavy atom. The highest BCUT2D eigenvalue weighted by Gasteiger charge is 2.16. The molecule has 0 heterocycles. The normalized spacial score (nSPS) is 10.9. The summed E-state index contributed by atoms with van der Waals surface area (Å²) in [6, 6.07) is 7.21. The summed E-state index contributed by atoms with van der Waals surface area (Å²) in [5.41, 5.74) is 6.41. The van der Waals surface area contributed by atoms with Crippen LogP contribution < -0.4 is 10.5 Å². The van der Waals surface area contributed by atoms with E-state index >= 15 is 0 Å². The number of methoxy groups -OCH3 is 1. The van der Waals surface area contributed by atoms with Gasteiger partial charge in [0.2, 0.25) is 0 Å². The molecule has 0 aliphatic rings. The number of anilines is 1. The quantitative estimate of drug-likeness (QED) is 0.794. The van der Waals surface area contributed by atoms with Crippen molar-refractivity contribution in [1.82, 2.24) is 0 Å². The Labute approximate surface area is 102 Å². The molecule has 4 heteroatoms. The molecule has 4 nitrogen and oxygen atoms in total. The van der Waals surface area contributed by atoms with Gasteiger partial charge in [0.1, 0.15) is 11.8 Å². The Hall–Kier alpha value is -1.73. The van der Waals surface area contributed by atoms with E-state index in [1.807, 2.05) is 19.9 Å². The number of rotatable bonds is 5. The van der Waals surface area contributed by atoms with Crippen LogP contribution in [0.4, 0.5) is 5.69 Å². The van der Waals surface area contributed by atoms with Crippen molar-refractivity contribution in [3.8, 4) is 11.8 Å². The first-order valence-electron chi connectivity index (χ1n) is 5.47. The van der Waals surface area contributed by atoms with E-state index in [2.05, 4.69) is 0 Å². The summed E-state index contributed by atoms with van der Waals surface area (Å²) in [4.78, 5) is 0. The maximum atomic E-state index is 8.83. The van der Waals surface area contributed by atoms with Crippen molar-refractivity contribution in [3.63, 3.8) is 0 Å². The first-order valence-corrected chi connectivity index (χ1v) is 5.47. The number of hydrogen-bond acceptors (Lipinski definition) is 4. The molecule has 1 aromatic rings. The van der Waals surface area contributed by atoms with Gasteiger partial charge in [-0.15, -0.1) is 0 Å². The molecule has 0 saturated heterocycles. The van der Waals surface area contributed by atoms with Crippen LogP contribution in [0.2, 0.25) is 0 Å². The van der Waals surface area contributed by atoms with Crippen LogP contribution in [0.3, 0.4) is 0 Å². The standard InChI is InChI=1S/C13H18N2O2/c1-13(2,16-3)7-8-17-11-6-4-5-10(9-14)12(11)15/h4-6H,7-8,15H2,1-3H3.